The van der Waals surface area contributed by atoms with E-state index < -0.39 is 55.4 Å². The first kappa shape index (κ1) is 53.6. The summed E-state index contributed by atoms with van der Waals surface area (Å²) in [7, 11) is 0. The van der Waals surface area contributed by atoms with Crippen molar-refractivity contribution >= 4 is 11.9 Å². The smallest absolute Gasteiger partial charge is 0.331 e. The zero-order chi connectivity index (χ0) is 43.0. The standard InChI is InChI=1S/C49H78O10/c1-3-5-7-9-11-13-15-17-19-20-21-22-24-25-27-29-31-33-35-37-44(51)56-40-42(41-57-49-48(55)47(54)46(53)43(39-50)59-49)58-45(52)38-36-34-32-30-28-26-23-18-16-14-12-10-8-6-4-2/h5,7,11,13,17,19,21-22,25,27,31-34,36,38,42-43,46-50,53-55H,3-4,6,8-10,12,14-16,18,20,23-24,26,28-30,35,37,39-41H2,1-2H3/b7-5+,13-11+,19-17+,22-21+,27-25+,33-31+,34-32+,38-36+/t42-,43-,46+,47?,48?,49-/m0/s1. The highest BCUT2D eigenvalue weighted by Gasteiger charge is 2.44. The fourth-order valence-corrected chi connectivity index (χ4v) is 6.06. The number of aliphatic hydroxyl groups excluding tert-OH is 4. The van der Waals surface area contributed by atoms with Gasteiger partial charge in [0, 0.05) is 12.5 Å². The van der Waals surface area contributed by atoms with Crippen molar-refractivity contribution in [1.29, 1.82) is 0 Å². The van der Waals surface area contributed by atoms with Gasteiger partial charge in [-0.25, -0.2) is 4.79 Å². The number of aliphatic hydroxyl groups is 4. The Balaban J connectivity index is 2.45. The molecule has 10 nitrogen and oxygen atoms in total. The second-order valence-electron chi connectivity index (χ2n) is 14.8. The molecule has 0 saturated carbocycles. The number of carbonyl (C=O) groups is 2. The van der Waals surface area contributed by atoms with Gasteiger partial charge in [-0.2, -0.15) is 0 Å². The molecule has 6 atom stereocenters. The summed E-state index contributed by atoms with van der Waals surface area (Å²) in [5, 5.41) is 40.0. The highest BCUT2D eigenvalue weighted by molar-refractivity contribution is 5.82. The van der Waals surface area contributed by atoms with Gasteiger partial charge in [-0.15, -0.1) is 0 Å². The van der Waals surface area contributed by atoms with Gasteiger partial charge in [0.25, 0.3) is 0 Å². The number of unbranched alkanes of at least 4 members (excludes halogenated alkanes) is 11. The molecule has 0 aliphatic carbocycles. The summed E-state index contributed by atoms with van der Waals surface area (Å²) in [6, 6.07) is 0. The van der Waals surface area contributed by atoms with E-state index in [0.717, 1.165) is 51.4 Å². The summed E-state index contributed by atoms with van der Waals surface area (Å²) < 4.78 is 21.9. The van der Waals surface area contributed by atoms with E-state index in [1.165, 1.54) is 70.3 Å². The highest BCUT2D eigenvalue weighted by Crippen LogP contribution is 2.22. The molecule has 1 aliphatic rings. The van der Waals surface area contributed by atoms with Crippen molar-refractivity contribution in [3.8, 4) is 0 Å². The third kappa shape index (κ3) is 30.3. The molecule has 334 valence electrons. The second-order valence-corrected chi connectivity index (χ2v) is 14.8. The number of rotatable bonds is 35. The number of esters is 2. The normalized spacial score (nSPS) is 20.9. The maximum absolute atomic E-state index is 12.7. The van der Waals surface area contributed by atoms with Crippen LogP contribution in [-0.2, 0) is 28.5 Å². The van der Waals surface area contributed by atoms with Crippen LogP contribution < -0.4 is 0 Å². The summed E-state index contributed by atoms with van der Waals surface area (Å²) >= 11 is 0. The molecule has 1 heterocycles. The van der Waals surface area contributed by atoms with Gasteiger partial charge >= 0.3 is 11.9 Å². The number of ether oxygens (including phenoxy) is 4. The van der Waals surface area contributed by atoms with E-state index in [1.54, 1.807) is 12.2 Å². The van der Waals surface area contributed by atoms with Crippen LogP contribution >= 0.6 is 0 Å². The van der Waals surface area contributed by atoms with Crippen LogP contribution in [0.1, 0.15) is 142 Å². The number of allylic oxidation sites excluding steroid dienone is 15. The number of hydrogen-bond donors (Lipinski definition) is 4. The summed E-state index contributed by atoms with van der Waals surface area (Å²) in [5.74, 6) is -1.17. The maximum atomic E-state index is 12.7. The molecule has 0 aromatic carbocycles. The SMILES string of the molecule is CC/C=C/C/C=C/C/C=C/C/C=C/C/C=C/C/C=C/CCC(=O)OC[C@@H](CO[C@H]1O[C@@H](CO)[C@@H](O)C(O)C1O)OC(=O)/C=C/C=C/CCCCCCCCCCCCC. The Morgan fingerprint density at radius 1 is 0.593 bits per heavy atom. The first-order chi connectivity index (χ1) is 28.8. The quantitative estimate of drug-likeness (QED) is 0.0160. The lowest BCUT2D eigenvalue weighted by molar-refractivity contribution is -0.305. The molecule has 1 rings (SSSR count). The van der Waals surface area contributed by atoms with Crippen LogP contribution in [0.2, 0.25) is 0 Å². The van der Waals surface area contributed by atoms with Crippen molar-refractivity contribution in [2.24, 2.45) is 0 Å². The Morgan fingerprint density at radius 2 is 1.12 bits per heavy atom. The third-order valence-electron chi connectivity index (χ3n) is 9.57. The summed E-state index contributed by atoms with van der Waals surface area (Å²) in [4.78, 5) is 25.2. The first-order valence-electron chi connectivity index (χ1n) is 22.3. The Kier molecular flexibility index (Phi) is 35.3. The van der Waals surface area contributed by atoms with Crippen molar-refractivity contribution in [2.45, 2.75) is 179 Å². The maximum Gasteiger partial charge on any atom is 0.331 e. The van der Waals surface area contributed by atoms with E-state index in [0.29, 0.717) is 6.42 Å². The molecule has 0 aromatic heterocycles. The van der Waals surface area contributed by atoms with E-state index in [-0.39, 0.29) is 19.6 Å². The Bertz CT molecular complexity index is 1280. The van der Waals surface area contributed by atoms with E-state index >= 15 is 0 Å². The van der Waals surface area contributed by atoms with Crippen molar-refractivity contribution in [3.63, 3.8) is 0 Å². The molecule has 0 bridgehead atoms. The van der Waals surface area contributed by atoms with Gasteiger partial charge in [-0.1, -0.05) is 169 Å². The molecule has 59 heavy (non-hydrogen) atoms. The predicted octanol–water partition coefficient (Wildman–Crippen LogP) is 9.55. The molecule has 0 amide bonds. The molecule has 10 heteroatoms. The van der Waals surface area contributed by atoms with Crippen LogP contribution in [0, 0.1) is 0 Å². The fraction of sp³-hybridized carbons (Fsp3) is 0.633. The highest BCUT2D eigenvalue weighted by atomic mass is 16.7. The predicted molar refractivity (Wildman–Crippen MR) is 237 cm³/mol. The monoisotopic (exact) mass is 827 g/mol. The lowest BCUT2D eigenvalue weighted by atomic mass is 9.99. The van der Waals surface area contributed by atoms with Crippen molar-refractivity contribution in [3.05, 3.63) is 97.2 Å². The van der Waals surface area contributed by atoms with Crippen LogP contribution in [0.3, 0.4) is 0 Å². The van der Waals surface area contributed by atoms with Gasteiger partial charge in [-0.3, -0.25) is 4.79 Å². The summed E-state index contributed by atoms with van der Waals surface area (Å²) in [5.41, 5.74) is 0. The minimum Gasteiger partial charge on any atom is -0.462 e. The van der Waals surface area contributed by atoms with Gasteiger partial charge in [0.2, 0.25) is 0 Å². The van der Waals surface area contributed by atoms with Gasteiger partial charge in [0.1, 0.15) is 31.0 Å². The van der Waals surface area contributed by atoms with Crippen LogP contribution in [0.25, 0.3) is 0 Å². The lowest BCUT2D eigenvalue weighted by Gasteiger charge is -2.39. The number of carbonyl (C=O) groups excluding carboxylic acids is 2. The summed E-state index contributed by atoms with van der Waals surface area (Å²) in [6.07, 6.45) is 44.8. The molecule has 0 radical (unpaired) electrons. The molecule has 1 fully saturated rings. The van der Waals surface area contributed by atoms with E-state index in [9.17, 15) is 30.0 Å². The van der Waals surface area contributed by atoms with E-state index in [1.807, 2.05) is 18.2 Å². The Morgan fingerprint density at radius 3 is 1.66 bits per heavy atom. The Labute approximate surface area is 356 Å². The molecule has 0 aromatic rings. The average molecular weight is 827 g/mol. The molecule has 2 unspecified atom stereocenters. The number of hydrogen-bond acceptors (Lipinski definition) is 10. The largest absolute Gasteiger partial charge is 0.462 e. The fourth-order valence-electron chi connectivity index (χ4n) is 6.06. The van der Waals surface area contributed by atoms with E-state index in [2.05, 4.69) is 74.6 Å². The topological polar surface area (TPSA) is 152 Å². The molecular formula is C49H78O10. The minimum absolute atomic E-state index is 0.125. The molecule has 0 spiro atoms. The van der Waals surface area contributed by atoms with Gasteiger partial charge in [0.15, 0.2) is 12.4 Å². The van der Waals surface area contributed by atoms with Crippen LogP contribution in [0.5, 0.6) is 0 Å². The van der Waals surface area contributed by atoms with Crippen LogP contribution in [-0.4, -0.2) is 89.0 Å². The first-order valence-corrected chi connectivity index (χ1v) is 22.3. The summed E-state index contributed by atoms with van der Waals surface area (Å²) in [6.45, 7) is 3.10. The van der Waals surface area contributed by atoms with Crippen molar-refractivity contribution < 1.29 is 49.0 Å². The van der Waals surface area contributed by atoms with Gasteiger partial charge in [0.05, 0.1) is 13.2 Å². The average Bonchev–Trinajstić information content (AvgIpc) is 3.23. The van der Waals surface area contributed by atoms with Gasteiger partial charge < -0.3 is 39.4 Å². The lowest BCUT2D eigenvalue weighted by Crippen LogP contribution is -2.59. The third-order valence-corrected chi connectivity index (χ3v) is 9.57. The van der Waals surface area contributed by atoms with Crippen molar-refractivity contribution in [1.82, 2.24) is 0 Å². The van der Waals surface area contributed by atoms with Gasteiger partial charge in [-0.05, 0) is 57.8 Å². The van der Waals surface area contributed by atoms with Crippen molar-refractivity contribution in [2.75, 3.05) is 19.8 Å². The molecule has 4 N–H and O–H groups in total. The van der Waals surface area contributed by atoms with Crippen LogP contribution in [0.15, 0.2) is 97.2 Å². The molecule has 1 aliphatic heterocycles. The van der Waals surface area contributed by atoms with E-state index in [4.69, 9.17) is 18.9 Å². The molecule has 1 saturated heterocycles. The Hall–Kier alpha value is -3.38. The van der Waals surface area contributed by atoms with Crippen LogP contribution in [0.4, 0.5) is 0 Å². The second kappa shape index (κ2) is 38.8. The zero-order valence-electron chi connectivity index (χ0n) is 36.2. The molecular weight excluding hydrogens is 749 g/mol. The minimum atomic E-state index is -1.63. The zero-order valence-corrected chi connectivity index (χ0v) is 36.2.